The fourth-order valence-electron chi connectivity index (χ4n) is 6.77. The summed E-state index contributed by atoms with van der Waals surface area (Å²) in [5.74, 6) is 3.37. The van der Waals surface area contributed by atoms with Gasteiger partial charge in [-0.1, -0.05) is 29.5 Å². The highest BCUT2D eigenvalue weighted by Crippen LogP contribution is 2.31. The Bertz CT molecular complexity index is 1420. The molecule has 10 heteroatoms. The van der Waals surface area contributed by atoms with E-state index < -0.39 is 0 Å². The van der Waals surface area contributed by atoms with Crippen LogP contribution < -0.4 is 18.9 Å². The zero-order chi connectivity index (χ0) is 31.2. The van der Waals surface area contributed by atoms with Crippen LogP contribution in [0.3, 0.4) is 0 Å². The van der Waals surface area contributed by atoms with Crippen LogP contribution in [0.4, 0.5) is 34.6 Å². The molecule has 2 saturated heterocycles. The average molecular weight is 609 g/mol. The van der Waals surface area contributed by atoms with Crippen LogP contribution in [-0.2, 0) is 28.2 Å². The van der Waals surface area contributed by atoms with Crippen molar-refractivity contribution in [3.05, 3.63) is 73.3 Å². The Kier molecular flexibility index (Phi) is 9.66. The van der Waals surface area contributed by atoms with E-state index in [9.17, 15) is 0 Å². The fourth-order valence-corrected chi connectivity index (χ4v) is 6.77. The van der Waals surface area contributed by atoms with Crippen LogP contribution in [0, 0.1) is 11.8 Å². The molecule has 2 aliphatic heterocycles. The maximum absolute atomic E-state index is 4.44. The fraction of sp³-hybridized carbons (Fsp3) is 0.486. The van der Waals surface area contributed by atoms with E-state index in [-0.39, 0.29) is 0 Å². The Morgan fingerprint density at radius 1 is 0.578 bits per heavy atom. The summed E-state index contributed by atoms with van der Waals surface area (Å²) in [6, 6.07) is 17.1. The lowest BCUT2D eigenvalue weighted by molar-refractivity contribution is -0.657. The Hall–Kier alpha value is -4.34. The molecule has 0 bridgehead atoms. The Balaban J connectivity index is 0.880. The summed E-state index contributed by atoms with van der Waals surface area (Å²) in [6.45, 7) is 4.59. The van der Waals surface area contributed by atoms with Crippen molar-refractivity contribution < 1.29 is 9.13 Å². The number of benzene rings is 2. The SMILES string of the molecule is Cn1cc[n+](C)c1N=Nc1ccc(N2CCC(CCCC3CCN(c4ccc(N=Nc5n(C)cc[n+]5C)cc4)CC3)CC2)cc1. The molecule has 2 aromatic carbocycles. The zero-order valence-electron chi connectivity index (χ0n) is 27.3. The van der Waals surface area contributed by atoms with Gasteiger partial charge >= 0.3 is 11.9 Å². The Morgan fingerprint density at radius 2 is 0.956 bits per heavy atom. The average Bonchev–Trinajstić information content (AvgIpc) is 3.57. The number of piperidine rings is 2. The summed E-state index contributed by atoms with van der Waals surface area (Å²) < 4.78 is 7.87. The minimum atomic E-state index is 0.825. The van der Waals surface area contributed by atoms with Gasteiger partial charge in [0.2, 0.25) is 0 Å². The van der Waals surface area contributed by atoms with Gasteiger partial charge in [-0.25, -0.2) is 18.3 Å². The van der Waals surface area contributed by atoms with E-state index in [4.69, 9.17) is 0 Å². The van der Waals surface area contributed by atoms with Gasteiger partial charge in [-0.2, -0.15) is 0 Å². The lowest BCUT2D eigenvalue weighted by Gasteiger charge is -2.35. The molecule has 0 unspecified atom stereocenters. The smallest absolute Gasteiger partial charge is 0.372 e. The van der Waals surface area contributed by atoms with Crippen LogP contribution in [0.15, 0.2) is 93.8 Å². The topological polar surface area (TPSA) is 73.5 Å². The molecule has 2 fully saturated rings. The van der Waals surface area contributed by atoms with Crippen LogP contribution in [-0.4, -0.2) is 35.3 Å². The molecule has 45 heavy (non-hydrogen) atoms. The van der Waals surface area contributed by atoms with Crippen molar-refractivity contribution in [1.82, 2.24) is 9.13 Å². The van der Waals surface area contributed by atoms with Gasteiger partial charge in [0, 0.05) is 47.8 Å². The number of hydrogen-bond acceptors (Lipinski definition) is 6. The minimum absolute atomic E-state index is 0.825. The Morgan fingerprint density at radius 3 is 1.29 bits per heavy atom. The van der Waals surface area contributed by atoms with Gasteiger partial charge in [0.15, 0.2) is 0 Å². The first-order valence-electron chi connectivity index (χ1n) is 16.5. The minimum Gasteiger partial charge on any atom is -0.372 e. The van der Waals surface area contributed by atoms with Crippen molar-refractivity contribution in [2.75, 3.05) is 36.0 Å². The molecular formula is C35H48N10+2. The number of hydrogen-bond donors (Lipinski definition) is 0. The largest absolute Gasteiger partial charge is 0.421 e. The molecule has 4 heterocycles. The van der Waals surface area contributed by atoms with Crippen LogP contribution in [0.2, 0.25) is 0 Å². The van der Waals surface area contributed by atoms with E-state index in [1.165, 1.54) is 56.3 Å². The van der Waals surface area contributed by atoms with Crippen molar-refractivity contribution in [1.29, 1.82) is 0 Å². The number of aryl methyl sites for hydroxylation is 4. The maximum atomic E-state index is 4.44. The molecule has 0 saturated carbocycles. The molecule has 236 valence electrons. The first kappa shape index (κ1) is 30.7. The van der Waals surface area contributed by atoms with Crippen molar-refractivity contribution in [3.63, 3.8) is 0 Å². The highest BCUT2D eigenvalue weighted by molar-refractivity contribution is 5.54. The lowest BCUT2D eigenvalue weighted by atomic mass is 9.86. The van der Waals surface area contributed by atoms with E-state index in [0.29, 0.717) is 0 Å². The molecule has 4 aromatic rings. The first-order chi connectivity index (χ1) is 21.9. The highest BCUT2D eigenvalue weighted by Gasteiger charge is 2.22. The van der Waals surface area contributed by atoms with Crippen molar-refractivity contribution >= 4 is 34.6 Å². The van der Waals surface area contributed by atoms with Crippen molar-refractivity contribution in [2.24, 2.45) is 60.5 Å². The molecule has 0 atom stereocenters. The second kappa shape index (κ2) is 14.2. The monoisotopic (exact) mass is 608 g/mol. The third-order valence-electron chi connectivity index (χ3n) is 9.68. The molecule has 0 amide bonds. The number of aromatic nitrogens is 4. The normalized spacial score (nSPS) is 16.9. The van der Waals surface area contributed by atoms with Gasteiger partial charge < -0.3 is 9.80 Å². The number of azo groups is 2. The predicted octanol–water partition coefficient (Wildman–Crippen LogP) is 7.15. The van der Waals surface area contributed by atoms with Crippen molar-refractivity contribution in [3.8, 4) is 0 Å². The number of imidazole rings is 2. The quantitative estimate of drug-likeness (QED) is 0.142. The predicted molar refractivity (Wildman–Crippen MR) is 178 cm³/mol. The highest BCUT2D eigenvalue weighted by atomic mass is 15.3. The Labute approximate surface area is 267 Å². The van der Waals surface area contributed by atoms with E-state index in [2.05, 4.69) is 78.8 Å². The van der Waals surface area contributed by atoms with Gasteiger partial charge in [-0.05, 0) is 86.1 Å². The summed E-state index contributed by atoms with van der Waals surface area (Å²) in [4.78, 5) is 5.06. The maximum Gasteiger partial charge on any atom is 0.421 e. The molecule has 0 radical (unpaired) electrons. The third kappa shape index (κ3) is 7.67. The summed E-state index contributed by atoms with van der Waals surface area (Å²) in [5.41, 5.74) is 4.36. The van der Waals surface area contributed by atoms with E-state index >= 15 is 0 Å². The molecule has 2 aromatic heterocycles. The zero-order valence-corrected chi connectivity index (χ0v) is 27.3. The number of anilines is 2. The van der Waals surface area contributed by atoms with Crippen molar-refractivity contribution in [2.45, 2.75) is 44.9 Å². The first-order valence-corrected chi connectivity index (χ1v) is 16.5. The molecule has 0 spiro atoms. The van der Waals surface area contributed by atoms with Gasteiger partial charge in [0.1, 0.15) is 11.4 Å². The lowest BCUT2D eigenvalue weighted by Crippen LogP contribution is -2.34. The van der Waals surface area contributed by atoms with Crippen LogP contribution >= 0.6 is 0 Å². The molecule has 0 N–H and O–H groups in total. The molecular weight excluding hydrogens is 560 g/mol. The van der Waals surface area contributed by atoms with E-state index in [1.54, 1.807) is 0 Å². The second-order valence-corrected chi connectivity index (χ2v) is 12.9. The summed E-state index contributed by atoms with van der Waals surface area (Å²) in [6.07, 6.45) is 17.2. The van der Waals surface area contributed by atoms with Crippen LogP contribution in [0.25, 0.3) is 0 Å². The van der Waals surface area contributed by atoms with E-state index in [0.717, 1.165) is 61.3 Å². The second-order valence-electron chi connectivity index (χ2n) is 12.9. The van der Waals surface area contributed by atoms with Gasteiger partial charge in [0.05, 0.1) is 53.0 Å². The number of rotatable bonds is 10. The van der Waals surface area contributed by atoms with E-state index in [1.807, 2.05) is 71.2 Å². The number of nitrogens with zero attached hydrogens (tertiary/aromatic N) is 10. The molecule has 6 rings (SSSR count). The van der Waals surface area contributed by atoms with Gasteiger partial charge in [-0.3, -0.25) is 0 Å². The summed E-state index contributed by atoms with van der Waals surface area (Å²) in [7, 11) is 7.92. The third-order valence-corrected chi connectivity index (χ3v) is 9.68. The molecule has 10 nitrogen and oxygen atoms in total. The summed E-state index contributed by atoms with van der Waals surface area (Å²) >= 11 is 0. The molecule has 2 aliphatic rings. The van der Waals surface area contributed by atoms with Crippen LogP contribution in [0.5, 0.6) is 0 Å². The standard InChI is InChI=1S/C35H48N10/c1-40-24-25-41(2)34(40)38-36-30-8-12-32(13-9-30)44-20-16-28(17-21-44)6-5-7-29-18-22-45(23-19-29)33-14-10-31(11-15-33)37-39-35-42(3)26-27-43(35)4/h8-15,24-29H,5-7,16-23H2,1-4H3/q+2. The molecule has 0 aliphatic carbocycles. The van der Waals surface area contributed by atoms with Crippen LogP contribution in [0.1, 0.15) is 44.9 Å². The summed E-state index contributed by atoms with van der Waals surface area (Å²) in [5, 5.41) is 17.7. The van der Waals surface area contributed by atoms with Gasteiger partial charge in [-0.15, -0.1) is 0 Å². The van der Waals surface area contributed by atoms with Gasteiger partial charge in [0.25, 0.3) is 0 Å².